The number of nitrogens with zero attached hydrogens (tertiary/aromatic N) is 2. The van der Waals surface area contributed by atoms with Crippen molar-refractivity contribution in [3.63, 3.8) is 0 Å². The van der Waals surface area contributed by atoms with Gasteiger partial charge in [0.1, 0.15) is 0 Å². The van der Waals surface area contributed by atoms with E-state index in [1.165, 1.54) is 19.2 Å². The Labute approximate surface area is 116 Å². The molecule has 0 aromatic carbocycles. The molecule has 6 nitrogen and oxygen atoms in total. The van der Waals surface area contributed by atoms with Crippen molar-refractivity contribution in [1.29, 1.82) is 0 Å². The molecular formula is C12H17N3O3S. The van der Waals surface area contributed by atoms with E-state index in [4.69, 9.17) is 4.74 Å². The van der Waals surface area contributed by atoms with Crippen LogP contribution in [0.3, 0.4) is 0 Å². The van der Waals surface area contributed by atoms with Gasteiger partial charge in [-0.25, -0.2) is 0 Å². The molecule has 0 spiro atoms. The minimum absolute atomic E-state index is 0.00690. The van der Waals surface area contributed by atoms with E-state index < -0.39 is 4.92 Å². The molecule has 104 valence electrons. The Kier molecular flexibility index (Phi) is 4.47. The lowest BCUT2D eigenvalue weighted by molar-refractivity contribution is -0.384. The zero-order valence-corrected chi connectivity index (χ0v) is 11.8. The van der Waals surface area contributed by atoms with Crippen LogP contribution in [-0.2, 0) is 0 Å². The third-order valence-corrected chi connectivity index (χ3v) is 4.50. The van der Waals surface area contributed by atoms with Gasteiger partial charge < -0.3 is 10.1 Å². The molecular weight excluding hydrogens is 266 g/mol. The van der Waals surface area contributed by atoms with E-state index in [1.807, 2.05) is 0 Å². The van der Waals surface area contributed by atoms with Gasteiger partial charge in [0.25, 0.3) is 0 Å². The second kappa shape index (κ2) is 6.10. The quantitative estimate of drug-likeness (QED) is 0.661. The van der Waals surface area contributed by atoms with Gasteiger partial charge in [-0.15, -0.1) is 0 Å². The maximum atomic E-state index is 11.0. The summed E-state index contributed by atoms with van der Waals surface area (Å²) in [5.74, 6) is 0.682. The molecule has 2 rings (SSSR count). The number of pyridine rings is 1. The highest BCUT2D eigenvalue weighted by atomic mass is 32.2. The van der Waals surface area contributed by atoms with Crippen molar-refractivity contribution in [1.82, 2.24) is 4.98 Å². The van der Waals surface area contributed by atoms with E-state index in [9.17, 15) is 10.1 Å². The fourth-order valence-corrected chi connectivity index (χ4v) is 3.29. The molecule has 0 bridgehead atoms. The normalized spacial score (nSPS) is 22.2. The standard InChI is InChI=1S/C12H17N3O3S/c1-18-11-7-6-9(15(16)17)12(14-11)13-8-4-3-5-10(8)19-2/h6-8,10H,3-5H2,1-2H3,(H,13,14). The van der Waals surface area contributed by atoms with Gasteiger partial charge in [-0.3, -0.25) is 10.1 Å². The molecule has 1 heterocycles. The van der Waals surface area contributed by atoms with E-state index in [0.29, 0.717) is 16.9 Å². The molecule has 19 heavy (non-hydrogen) atoms. The van der Waals surface area contributed by atoms with Crippen LogP contribution in [-0.4, -0.2) is 34.6 Å². The Morgan fingerprint density at radius 1 is 1.53 bits per heavy atom. The van der Waals surface area contributed by atoms with Gasteiger partial charge in [-0.2, -0.15) is 16.7 Å². The van der Waals surface area contributed by atoms with Crippen LogP contribution < -0.4 is 10.1 Å². The summed E-state index contributed by atoms with van der Waals surface area (Å²) in [6, 6.07) is 3.16. The molecule has 1 aromatic rings. The lowest BCUT2D eigenvalue weighted by Crippen LogP contribution is -2.26. The first-order chi connectivity index (χ1) is 9.15. The van der Waals surface area contributed by atoms with Crippen molar-refractivity contribution in [2.75, 3.05) is 18.7 Å². The fraction of sp³-hybridized carbons (Fsp3) is 0.583. The van der Waals surface area contributed by atoms with Crippen LogP contribution in [0.4, 0.5) is 11.5 Å². The summed E-state index contributed by atoms with van der Waals surface area (Å²) in [6.07, 6.45) is 5.36. The van der Waals surface area contributed by atoms with Crippen LogP contribution in [0.5, 0.6) is 5.88 Å². The zero-order valence-electron chi connectivity index (χ0n) is 11.0. The Morgan fingerprint density at radius 3 is 2.95 bits per heavy atom. The first kappa shape index (κ1) is 13.9. The number of aromatic nitrogens is 1. The molecule has 2 unspecified atom stereocenters. The molecule has 1 saturated carbocycles. The number of anilines is 1. The second-order valence-corrected chi connectivity index (χ2v) is 5.51. The number of hydrogen-bond donors (Lipinski definition) is 1. The number of thioether (sulfide) groups is 1. The smallest absolute Gasteiger partial charge is 0.311 e. The number of hydrogen-bond acceptors (Lipinski definition) is 6. The molecule has 1 aromatic heterocycles. The van der Waals surface area contributed by atoms with Crippen LogP contribution in [0, 0.1) is 10.1 Å². The minimum Gasteiger partial charge on any atom is -0.481 e. The molecule has 0 saturated heterocycles. The lowest BCUT2D eigenvalue weighted by atomic mass is 10.2. The average Bonchev–Trinajstić information content (AvgIpc) is 2.85. The Morgan fingerprint density at radius 2 is 2.32 bits per heavy atom. The SMILES string of the molecule is COc1ccc([N+](=O)[O-])c(NC2CCCC2SC)n1. The van der Waals surface area contributed by atoms with Gasteiger partial charge in [-0.05, 0) is 19.1 Å². The van der Waals surface area contributed by atoms with Crippen molar-refractivity contribution < 1.29 is 9.66 Å². The molecule has 0 radical (unpaired) electrons. The highest BCUT2D eigenvalue weighted by Gasteiger charge is 2.29. The Balaban J connectivity index is 2.24. The summed E-state index contributed by atoms with van der Waals surface area (Å²) in [5, 5.41) is 14.7. The molecule has 1 N–H and O–H groups in total. The van der Waals surface area contributed by atoms with E-state index in [2.05, 4.69) is 16.6 Å². The first-order valence-corrected chi connectivity index (χ1v) is 7.43. The van der Waals surface area contributed by atoms with Crippen molar-refractivity contribution in [2.24, 2.45) is 0 Å². The van der Waals surface area contributed by atoms with Crippen LogP contribution in [0.25, 0.3) is 0 Å². The number of rotatable bonds is 5. The lowest BCUT2D eigenvalue weighted by Gasteiger charge is -2.19. The van der Waals surface area contributed by atoms with E-state index in [1.54, 1.807) is 11.8 Å². The van der Waals surface area contributed by atoms with E-state index in [0.717, 1.165) is 19.3 Å². The topological polar surface area (TPSA) is 77.3 Å². The largest absolute Gasteiger partial charge is 0.481 e. The van der Waals surface area contributed by atoms with Gasteiger partial charge in [-0.1, -0.05) is 6.42 Å². The van der Waals surface area contributed by atoms with Gasteiger partial charge >= 0.3 is 5.69 Å². The van der Waals surface area contributed by atoms with Crippen molar-refractivity contribution in [3.8, 4) is 5.88 Å². The Bertz CT molecular complexity index is 470. The molecule has 1 aliphatic rings. The average molecular weight is 283 g/mol. The van der Waals surface area contributed by atoms with Crippen LogP contribution in [0.15, 0.2) is 12.1 Å². The predicted octanol–water partition coefficient (Wildman–Crippen LogP) is 2.69. The maximum Gasteiger partial charge on any atom is 0.311 e. The van der Waals surface area contributed by atoms with Crippen LogP contribution in [0.2, 0.25) is 0 Å². The highest BCUT2D eigenvalue weighted by Crippen LogP contribution is 2.33. The first-order valence-electron chi connectivity index (χ1n) is 6.14. The molecule has 0 amide bonds. The monoisotopic (exact) mass is 283 g/mol. The molecule has 2 atom stereocenters. The van der Waals surface area contributed by atoms with Gasteiger partial charge in [0.05, 0.1) is 12.0 Å². The number of methoxy groups -OCH3 is 1. The van der Waals surface area contributed by atoms with Gasteiger partial charge in [0.15, 0.2) is 0 Å². The van der Waals surface area contributed by atoms with Crippen molar-refractivity contribution in [2.45, 2.75) is 30.6 Å². The third kappa shape index (κ3) is 3.09. The van der Waals surface area contributed by atoms with E-state index in [-0.39, 0.29) is 11.7 Å². The fourth-order valence-electron chi connectivity index (χ4n) is 2.35. The summed E-state index contributed by atoms with van der Waals surface area (Å²) in [6.45, 7) is 0. The number of ether oxygens (including phenoxy) is 1. The van der Waals surface area contributed by atoms with Crippen molar-refractivity contribution in [3.05, 3.63) is 22.2 Å². The molecule has 7 heteroatoms. The number of nitro groups is 1. The summed E-state index contributed by atoms with van der Waals surface area (Å²) in [7, 11) is 1.50. The van der Waals surface area contributed by atoms with Crippen LogP contribution >= 0.6 is 11.8 Å². The zero-order chi connectivity index (χ0) is 13.8. The molecule has 0 aliphatic heterocycles. The summed E-state index contributed by atoms with van der Waals surface area (Å²) < 4.78 is 5.03. The molecule has 1 aliphatic carbocycles. The summed E-state index contributed by atoms with van der Waals surface area (Å²) >= 11 is 1.79. The minimum atomic E-state index is -0.419. The Hall–Kier alpha value is -1.50. The summed E-state index contributed by atoms with van der Waals surface area (Å²) in [5.41, 5.74) is -0.00690. The second-order valence-electron chi connectivity index (χ2n) is 4.43. The van der Waals surface area contributed by atoms with Crippen LogP contribution in [0.1, 0.15) is 19.3 Å². The van der Waals surface area contributed by atoms with Crippen molar-refractivity contribution >= 4 is 23.3 Å². The summed E-state index contributed by atoms with van der Waals surface area (Å²) in [4.78, 5) is 14.8. The predicted molar refractivity (Wildman–Crippen MR) is 76.0 cm³/mol. The molecule has 1 fully saturated rings. The van der Waals surface area contributed by atoms with Gasteiger partial charge in [0.2, 0.25) is 11.7 Å². The maximum absolute atomic E-state index is 11.0. The van der Waals surface area contributed by atoms with Gasteiger partial charge in [0, 0.05) is 23.4 Å². The highest BCUT2D eigenvalue weighted by molar-refractivity contribution is 7.99. The number of nitrogens with one attached hydrogen (secondary N) is 1. The van der Waals surface area contributed by atoms with E-state index >= 15 is 0 Å². The third-order valence-electron chi connectivity index (χ3n) is 3.33.